The normalized spacial score (nSPS) is 10.8. The molecule has 0 spiro atoms. The van der Waals surface area contributed by atoms with E-state index in [9.17, 15) is 9.59 Å². The molecule has 0 radical (unpaired) electrons. The monoisotopic (exact) mass is 426 g/mol. The Kier molecular flexibility index (Phi) is 7.19. The van der Waals surface area contributed by atoms with Crippen molar-refractivity contribution in [1.82, 2.24) is 15.5 Å². The lowest BCUT2D eigenvalue weighted by atomic mass is 10.1. The summed E-state index contributed by atoms with van der Waals surface area (Å²) in [5.41, 5.74) is 1.73. The van der Waals surface area contributed by atoms with Crippen LogP contribution in [0.3, 0.4) is 0 Å². The lowest BCUT2D eigenvalue weighted by Gasteiger charge is -2.13. The van der Waals surface area contributed by atoms with Gasteiger partial charge in [-0.25, -0.2) is 0 Å². The van der Waals surface area contributed by atoms with Crippen LogP contribution >= 0.6 is 11.6 Å². The quantitative estimate of drug-likeness (QED) is 0.553. The van der Waals surface area contributed by atoms with Gasteiger partial charge in [-0.2, -0.15) is 4.98 Å². The molecule has 1 aromatic heterocycles. The molecule has 0 aliphatic rings. The molecule has 2 amide bonds. The van der Waals surface area contributed by atoms with Crippen molar-refractivity contribution in [2.24, 2.45) is 0 Å². The topological polar surface area (TPSA) is 97.1 Å². The summed E-state index contributed by atoms with van der Waals surface area (Å²) in [4.78, 5) is 29.0. The van der Waals surface area contributed by atoms with Crippen molar-refractivity contribution in [3.05, 3.63) is 65.0 Å². The van der Waals surface area contributed by atoms with E-state index in [1.807, 2.05) is 26.0 Å². The van der Waals surface area contributed by atoms with Gasteiger partial charge in [0.15, 0.2) is 0 Å². The maximum Gasteiger partial charge on any atom is 0.253 e. The fourth-order valence-corrected chi connectivity index (χ4v) is 2.94. The van der Waals surface area contributed by atoms with Crippen LogP contribution in [0.25, 0.3) is 11.4 Å². The van der Waals surface area contributed by atoms with Crippen LogP contribution in [0, 0.1) is 0 Å². The van der Waals surface area contributed by atoms with Gasteiger partial charge in [0.2, 0.25) is 17.6 Å². The maximum absolute atomic E-state index is 12.3. The van der Waals surface area contributed by atoms with E-state index >= 15 is 0 Å². The number of carbonyl (C=O) groups is 2. The third-order valence-electron chi connectivity index (χ3n) is 4.23. The molecule has 0 aliphatic heterocycles. The number of para-hydroxylation sites is 1. The number of carbonyl (C=O) groups excluding carboxylic acids is 2. The zero-order chi connectivity index (χ0) is 21.5. The van der Waals surface area contributed by atoms with Crippen molar-refractivity contribution in [3.8, 4) is 11.4 Å². The summed E-state index contributed by atoms with van der Waals surface area (Å²) in [5.74, 6) is 0.541. The first kappa shape index (κ1) is 21.5. The predicted molar refractivity (Wildman–Crippen MR) is 115 cm³/mol. The highest BCUT2D eigenvalue weighted by atomic mass is 35.5. The van der Waals surface area contributed by atoms with E-state index in [0.717, 1.165) is 5.56 Å². The molecule has 0 aliphatic carbocycles. The summed E-state index contributed by atoms with van der Waals surface area (Å²) in [5, 5.41) is 10.2. The third-order valence-corrected chi connectivity index (χ3v) is 4.48. The predicted octanol–water partition coefficient (Wildman–Crippen LogP) is 4.49. The van der Waals surface area contributed by atoms with Crippen molar-refractivity contribution in [3.63, 3.8) is 0 Å². The Morgan fingerprint density at radius 2 is 1.83 bits per heavy atom. The smallest absolute Gasteiger partial charge is 0.253 e. The maximum atomic E-state index is 12.3. The van der Waals surface area contributed by atoms with Gasteiger partial charge >= 0.3 is 0 Å². The Morgan fingerprint density at radius 1 is 1.10 bits per heavy atom. The largest absolute Gasteiger partial charge is 0.350 e. The average molecular weight is 427 g/mol. The molecule has 0 saturated carbocycles. The summed E-state index contributed by atoms with van der Waals surface area (Å²) < 4.78 is 5.26. The number of rotatable bonds is 8. The van der Waals surface area contributed by atoms with Gasteiger partial charge in [0.1, 0.15) is 0 Å². The minimum Gasteiger partial charge on any atom is -0.350 e. The van der Waals surface area contributed by atoms with Crippen LogP contribution in [0.1, 0.15) is 42.9 Å². The van der Waals surface area contributed by atoms with E-state index in [-0.39, 0.29) is 24.3 Å². The molecule has 7 nitrogen and oxygen atoms in total. The standard InChI is InChI=1S/C22H23ClN4O3/c1-14(2)24-22(29)17-6-3-4-7-18(17)25-19(28)8-5-9-20-26-21(27-30-20)15-10-12-16(23)13-11-15/h3-4,6-7,10-14H,5,8-9H2,1-2H3,(H,24,29)(H,25,28). The SMILES string of the molecule is CC(C)NC(=O)c1ccccc1NC(=O)CCCc1nc(-c2ccc(Cl)cc2)no1. The van der Waals surface area contributed by atoms with Gasteiger partial charge in [-0.3, -0.25) is 9.59 Å². The Hall–Kier alpha value is -3.19. The number of amides is 2. The first-order valence-corrected chi connectivity index (χ1v) is 10.1. The zero-order valence-corrected chi connectivity index (χ0v) is 17.6. The molecule has 0 saturated heterocycles. The number of nitrogens with one attached hydrogen (secondary N) is 2. The molecular formula is C22H23ClN4O3. The van der Waals surface area contributed by atoms with Crippen LogP contribution in [0.2, 0.25) is 5.02 Å². The molecule has 0 bridgehead atoms. The van der Waals surface area contributed by atoms with E-state index in [2.05, 4.69) is 20.8 Å². The number of nitrogens with zero attached hydrogens (tertiary/aromatic N) is 2. The first-order valence-electron chi connectivity index (χ1n) is 9.70. The summed E-state index contributed by atoms with van der Waals surface area (Å²) in [7, 11) is 0. The third kappa shape index (κ3) is 5.90. The van der Waals surface area contributed by atoms with Gasteiger partial charge in [0.05, 0.1) is 11.3 Å². The molecule has 156 valence electrons. The second-order valence-corrected chi connectivity index (χ2v) is 7.53. The number of hydrogen-bond donors (Lipinski definition) is 2. The lowest BCUT2D eigenvalue weighted by Crippen LogP contribution is -2.31. The van der Waals surface area contributed by atoms with E-state index in [1.54, 1.807) is 36.4 Å². The molecule has 0 atom stereocenters. The second-order valence-electron chi connectivity index (χ2n) is 7.09. The van der Waals surface area contributed by atoms with Gasteiger partial charge in [-0.05, 0) is 56.7 Å². The van der Waals surface area contributed by atoms with Gasteiger partial charge in [0, 0.05) is 29.5 Å². The molecular weight excluding hydrogens is 404 g/mol. The molecule has 0 unspecified atom stereocenters. The Balaban J connectivity index is 1.52. The molecule has 2 aromatic carbocycles. The zero-order valence-electron chi connectivity index (χ0n) is 16.8. The molecule has 2 N–H and O–H groups in total. The van der Waals surface area contributed by atoms with Crippen molar-refractivity contribution in [1.29, 1.82) is 0 Å². The molecule has 1 heterocycles. The van der Waals surface area contributed by atoms with Crippen LogP contribution in [0.4, 0.5) is 5.69 Å². The van der Waals surface area contributed by atoms with Crippen molar-refractivity contribution in [2.45, 2.75) is 39.2 Å². The highest BCUT2D eigenvalue weighted by molar-refractivity contribution is 6.30. The van der Waals surface area contributed by atoms with Crippen LogP contribution in [0.5, 0.6) is 0 Å². The van der Waals surface area contributed by atoms with Crippen molar-refractivity contribution < 1.29 is 14.1 Å². The lowest BCUT2D eigenvalue weighted by molar-refractivity contribution is -0.116. The number of halogens is 1. The fourth-order valence-electron chi connectivity index (χ4n) is 2.82. The van der Waals surface area contributed by atoms with Crippen LogP contribution in [0.15, 0.2) is 53.1 Å². The summed E-state index contributed by atoms with van der Waals surface area (Å²) >= 11 is 5.89. The van der Waals surface area contributed by atoms with E-state index in [4.69, 9.17) is 16.1 Å². The van der Waals surface area contributed by atoms with E-state index in [0.29, 0.717) is 40.8 Å². The summed E-state index contributed by atoms with van der Waals surface area (Å²) in [6.45, 7) is 3.77. The van der Waals surface area contributed by atoms with Crippen LogP contribution in [-0.2, 0) is 11.2 Å². The van der Waals surface area contributed by atoms with Gasteiger partial charge < -0.3 is 15.2 Å². The van der Waals surface area contributed by atoms with Gasteiger partial charge in [-0.1, -0.05) is 28.9 Å². The van der Waals surface area contributed by atoms with Crippen molar-refractivity contribution >= 4 is 29.1 Å². The summed E-state index contributed by atoms with van der Waals surface area (Å²) in [6, 6.07) is 14.1. The Bertz CT molecular complexity index is 1020. The van der Waals surface area contributed by atoms with Gasteiger partial charge in [0.25, 0.3) is 5.91 Å². The highest BCUT2D eigenvalue weighted by Crippen LogP contribution is 2.19. The number of benzene rings is 2. The minimum absolute atomic E-state index is 0.00780. The Morgan fingerprint density at radius 3 is 2.57 bits per heavy atom. The fraction of sp³-hybridized carbons (Fsp3) is 0.273. The average Bonchev–Trinajstić information content (AvgIpc) is 3.17. The van der Waals surface area contributed by atoms with Crippen molar-refractivity contribution in [2.75, 3.05) is 5.32 Å². The number of aryl methyl sites for hydroxylation is 1. The van der Waals surface area contributed by atoms with E-state index in [1.165, 1.54) is 0 Å². The minimum atomic E-state index is -0.221. The number of anilines is 1. The first-order chi connectivity index (χ1) is 14.4. The molecule has 8 heteroatoms. The molecule has 3 aromatic rings. The number of aromatic nitrogens is 2. The van der Waals surface area contributed by atoms with Crippen LogP contribution < -0.4 is 10.6 Å². The van der Waals surface area contributed by atoms with Gasteiger partial charge in [-0.15, -0.1) is 0 Å². The number of hydrogen-bond acceptors (Lipinski definition) is 5. The Labute approximate surface area is 179 Å². The highest BCUT2D eigenvalue weighted by Gasteiger charge is 2.14. The molecule has 30 heavy (non-hydrogen) atoms. The molecule has 3 rings (SSSR count). The molecule has 0 fully saturated rings. The van der Waals surface area contributed by atoms with Crippen LogP contribution in [-0.4, -0.2) is 28.0 Å². The van der Waals surface area contributed by atoms with E-state index < -0.39 is 0 Å². The second kappa shape index (κ2) is 10.0. The summed E-state index contributed by atoms with van der Waals surface area (Å²) in [6.07, 6.45) is 1.27.